The molecule has 0 aliphatic heterocycles. The number of hydrogen-bond acceptors (Lipinski definition) is 7. The predicted octanol–water partition coefficient (Wildman–Crippen LogP) is 3.76. The van der Waals surface area contributed by atoms with E-state index in [9.17, 15) is 18.4 Å². The van der Waals surface area contributed by atoms with Crippen molar-refractivity contribution in [2.75, 3.05) is 19.0 Å². The van der Waals surface area contributed by atoms with E-state index in [1.54, 1.807) is 18.3 Å². The highest BCUT2D eigenvalue weighted by Gasteiger charge is 2.24. The molecule has 0 spiro atoms. The first-order valence-electron chi connectivity index (χ1n) is 12.3. The zero-order valence-electron chi connectivity index (χ0n) is 21.5. The average molecular weight is 524 g/mol. The third-order valence-corrected chi connectivity index (χ3v) is 5.73. The Balaban J connectivity index is 1.38. The summed E-state index contributed by atoms with van der Waals surface area (Å²) in [6.45, 7) is 0.131. The van der Waals surface area contributed by atoms with Crippen LogP contribution < -0.4 is 20.1 Å². The maximum atomic E-state index is 14.5. The van der Waals surface area contributed by atoms with Crippen LogP contribution in [0.25, 0.3) is 16.9 Å². The standard InChI is InChI=1S/C26H24F2N6O4/c1-14(35)31-22-12-34-23(32-22)6-5-21(33-34)16-8-19(26(37-2)30-10-16)25(36)29-11-17-7-18(27)9-20(28)24(17)38-13-15-3-4-15/h5-10,12,15H,3-4,11,13H2,1-2H3,(H,29,36)(H,31,35)/i13D. The van der Waals surface area contributed by atoms with Crippen LogP contribution in [0.4, 0.5) is 14.6 Å². The SMILES string of the molecule is [2H]C(Oc1c(F)cc(F)cc1CNC(=O)c1cc(-c2ccc3nc(NC(C)=O)cn3n2)cnc1OC)C1CC1. The van der Waals surface area contributed by atoms with Crippen LogP contribution in [0.3, 0.4) is 0 Å². The molecule has 3 aromatic heterocycles. The second-order valence-electron chi connectivity index (χ2n) is 8.76. The van der Waals surface area contributed by atoms with E-state index in [-0.39, 0.29) is 41.1 Å². The second-order valence-corrected chi connectivity index (χ2v) is 8.76. The highest BCUT2D eigenvalue weighted by Crippen LogP contribution is 2.32. The smallest absolute Gasteiger partial charge is 0.257 e. The highest BCUT2D eigenvalue weighted by molar-refractivity contribution is 5.97. The molecule has 38 heavy (non-hydrogen) atoms. The summed E-state index contributed by atoms with van der Waals surface area (Å²) in [4.78, 5) is 32.9. The summed E-state index contributed by atoms with van der Waals surface area (Å²) >= 11 is 0. The van der Waals surface area contributed by atoms with Crippen LogP contribution in [-0.4, -0.2) is 45.1 Å². The number of benzene rings is 1. The minimum atomic E-state index is -0.977. The summed E-state index contributed by atoms with van der Waals surface area (Å²) in [6, 6.07) is 6.64. The minimum absolute atomic E-state index is 0.00195. The van der Waals surface area contributed by atoms with Crippen molar-refractivity contribution in [3.05, 3.63) is 65.5 Å². The normalized spacial score (nSPS) is 14.1. The molecule has 10 nitrogen and oxygen atoms in total. The number of aromatic nitrogens is 4. The maximum Gasteiger partial charge on any atom is 0.257 e. The van der Waals surface area contributed by atoms with Crippen LogP contribution in [0.15, 0.2) is 42.7 Å². The number of fused-ring (bicyclic) bond motifs is 1. The van der Waals surface area contributed by atoms with Crippen LogP contribution in [0, 0.1) is 17.6 Å². The minimum Gasteiger partial charge on any atom is -0.490 e. The average Bonchev–Trinajstić information content (AvgIpc) is 3.68. The van der Waals surface area contributed by atoms with Gasteiger partial charge in [-0.15, -0.1) is 0 Å². The number of ether oxygens (including phenoxy) is 2. The lowest BCUT2D eigenvalue weighted by molar-refractivity contribution is -0.114. The van der Waals surface area contributed by atoms with Crippen LogP contribution in [0.5, 0.6) is 11.6 Å². The van der Waals surface area contributed by atoms with Gasteiger partial charge in [-0.2, -0.15) is 5.10 Å². The van der Waals surface area contributed by atoms with Gasteiger partial charge in [0.1, 0.15) is 11.4 Å². The van der Waals surface area contributed by atoms with E-state index in [0.717, 1.165) is 18.9 Å². The Morgan fingerprint density at radius 3 is 2.79 bits per heavy atom. The molecule has 1 atom stereocenters. The Morgan fingerprint density at radius 1 is 1.24 bits per heavy atom. The molecule has 0 radical (unpaired) electrons. The fourth-order valence-corrected chi connectivity index (χ4v) is 3.74. The number of halogens is 2. The number of pyridine rings is 1. The van der Waals surface area contributed by atoms with Gasteiger partial charge in [0.25, 0.3) is 5.91 Å². The molecule has 1 aliphatic carbocycles. The molecule has 3 heterocycles. The lowest BCUT2D eigenvalue weighted by Gasteiger charge is -2.14. The predicted molar refractivity (Wildman–Crippen MR) is 133 cm³/mol. The summed E-state index contributed by atoms with van der Waals surface area (Å²) in [5.74, 6) is -2.54. The van der Waals surface area contributed by atoms with E-state index >= 15 is 0 Å². The first-order valence-corrected chi connectivity index (χ1v) is 11.7. The molecule has 0 saturated heterocycles. The largest absolute Gasteiger partial charge is 0.490 e. The number of hydrogen-bond donors (Lipinski definition) is 2. The van der Waals surface area contributed by atoms with Crippen molar-refractivity contribution in [1.82, 2.24) is 24.9 Å². The van der Waals surface area contributed by atoms with Crippen molar-refractivity contribution in [2.24, 2.45) is 5.92 Å². The van der Waals surface area contributed by atoms with E-state index in [1.807, 2.05) is 0 Å². The van der Waals surface area contributed by atoms with Gasteiger partial charge in [0.15, 0.2) is 23.0 Å². The number of anilines is 1. The van der Waals surface area contributed by atoms with Crippen molar-refractivity contribution in [1.29, 1.82) is 0 Å². The van der Waals surface area contributed by atoms with Gasteiger partial charge in [-0.1, -0.05) is 0 Å². The summed E-state index contributed by atoms with van der Waals surface area (Å²) in [7, 11) is 1.36. The quantitative estimate of drug-likeness (QED) is 0.343. The van der Waals surface area contributed by atoms with E-state index < -0.39 is 24.1 Å². The van der Waals surface area contributed by atoms with Crippen molar-refractivity contribution >= 4 is 23.3 Å². The molecule has 4 aromatic rings. The molecular weight excluding hydrogens is 498 g/mol. The molecule has 1 aliphatic rings. The first kappa shape index (κ1) is 23.8. The second kappa shape index (κ2) is 10.4. The van der Waals surface area contributed by atoms with E-state index in [0.29, 0.717) is 28.8 Å². The maximum absolute atomic E-state index is 14.5. The molecule has 1 saturated carbocycles. The fourth-order valence-electron chi connectivity index (χ4n) is 3.74. The number of imidazole rings is 1. The van der Waals surface area contributed by atoms with Crippen molar-refractivity contribution in [3.8, 4) is 22.9 Å². The van der Waals surface area contributed by atoms with Crippen LogP contribution in [0.1, 0.15) is 37.1 Å². The lowest BCUT2D eigenvalue weighted by atomic mass is 10.1. The summed E-state index contributed by atoms with van der Waals surface area (Å²) in [5.41, 5.74) is 1.57. The highest BCUT2D eigenvalue weighted by atomic mass is 19.1. The van der Waals surface area contributed by atoms with Gasteiger partial charge >= 0.3 is 0 Å². The zero-order chi connectivity index (χ0) is 27.7. The van der Waals surface area contributed by atoms with Gasteiger partial charge in [-0.05, 0) is 43.0 Å². The van der Waals surface area contributed by atoms with Crippen LogP contribution >= 0.6 is 0 Å². The number of methoxy groups -OCH3 is 1. The molecule has 2 N–H and O–H groups in total. The van der Waals surface area contributed by atoms with E-state index in [2.05, 4.69) is 25.7 Å². The number of carbonyl (C=O) groups excluding carboxylic acids is 2. The molecule has 2 amide bonds. The van der Waals surface area contributed by atoms with Crippen LogP contribution in [0.2, 0.25) is 0 Å². The van der Waals surface area contributed by atoms with Crippen LogP contribution in [-0.2, 0) is 11.3 Å². The molecule has 196 valence electrons. The Hall–Kier alpha value is -4.61. The monoisotopic (exact) mass is 523 g/mol. The number of nitrogens with zero attached hydrogens (tertiary/aromatic N) is 4. The van der Waals surface area contributed by atoms with Gasteiger partial charge in [0.05, 0.1) is 27.0 Å². The molecular formula is C26H24F2N6O4. The molecule has 1 aromatic carbocycles. The third-order valence-electron chi connectivity index (χ3n) is 5.73. The zero-order valence-corrected chi connectivity index (χ0v) is 20.5. The van der Waals surface area contributed by atoms with Crippen molar-refractivity contribution in [3.63, 3.8) is 0 Å². The molecule has 1 fully saturated rings. The number of amides is 2. The summed E-state index contributed by atoms with van der Waals surface area (Å²) in [6.07, 6.45) is 4.65. The van der Waals surface area contributed by atoms with Crippen molar-refractivity contribution < 1.29 is 29.2 Å². The van der Waals surface area contributed by atoms with Gasteiger partial charge in [0, 0.05) is 36.9 Å². The summed E-state index contributed by atoms with van der Waals surface area (Å²) in [5, 5.41) is 9.69. The van der Waals surface area contributed by atoms with E-state index in [4.69, 9.17) is 10.8 Å². The van der Waals surface area contributed by atoms with Gasteiger partial charge < -0.3 is 20.1 Å². The number of nitrogens with one attached hydrogen (secondary N) is 2. The third kappa shape index (κ3) is 5.53. The number of rotatable bonds is 9. The fraction of sp³-hybridized carbons (Fsp3) is 0.269. The molecule has 1 unspecified atom stereocenters. The Labute approximate surface area is 217 Å². The lowest BCUT2D eigenvalue weighted by Crippen LogP contribution is -2.24. The Morgan fingerprint density at radius 2 is 2.05 bits per heavy atom. The van der Waals surface area contributed by atoms with Gasteiger partial charge in [-0.3, -0.25) is 9.59 Å². The first-order chi connectivity index (χ1) is 18.7. The van der Waals surface area contributed by atoms with Crippen molar-refractivity contribution in [2.45, 2.75) is 26.3 Å². The topological polar surface area (TPSA) is 120 Å². The molecule has 0 bridgehead atoms. The van der Waals surface area contributed by atoms with E-state index in [1.165, 1.54) is 30.8 Å². The van der Waals surface area contributed by atoms with Gasteiger partial charge in [0.2, 0.25) is 11.8 Å². The Bertz CT molecular complexity index is 1580. The molecule has 5 rings (SSSR count). The number of carbonyl (C=O) groups is 2. The summed E-state index contributed by atoms with van der Waals surface area (Å²) < 4.78 is 48.7. The van der Waals surface area contributed by atoms with Gasteiger partial charge in [-0.25, -0.2) is 23.3 Å². The molecule has 12 heteroatoms. The Kier molecular flexibility index (Phi) is 6.51.